The number of phosphoric ester groups is 1. The molecule has 146 valence electrons. The fourth-order valence-corrected chi connectivity index (χ4v) is 6.41. The van der Waals surface area contributed by atoms with Gasteiger partial charge < -0.3 is 14.9 Å². The third-order valence-corrected chi connectivity index (χ3v) is 8.06. The van der Waals surface area contributed by atoms with E-state index in [1.807, 2.05) is 13.8 Å². The van der Waals surface area contributed by atoms with E-state index >= 15 is 0 Å². The van der Waals surface area contributed by atoms with Crippen LogP contribution in [0.4, 0.5) is 0 Å². The van der Waals surface area contributed by atoms with Crippen LogP contribution in [0.15, 0.2) is 11.3 Å². The minimum absolute atomic E-state index is 0.0222. The second kappa shape index (κ2) is 8.63. The molecule has 0 radical (unpaired) electrons. The number of fused-ring (bicyclic) bond motifs is 1. The molecule has 2 N–H and O–H groups in total. The van der Waals surface area contributed by atoms with Crippen LogP contribution in [0.2, 0.25) is 0 Å². The van der Waals surface area contributed by atoms with Gasteiger partial charge in [0.25, 0.3) is 0 Å². The van der Waals surface area contributed by atoms with Gasteiger partial charge in [-0.1, -0.05) is 6.92 Å². The molecule has 0 aromatic rings. The van der Waals surface area contributed by atoms with Crippen molar-refractivity contribution in [2.24, 2.45) is 0 Å². The van der Waals surface area contributed by atoms with Crippen molar-refractivity contribution in [3.05, 3.63) is 11.3 Å². The SMILES string of the molecule is CCOP(=O)(OCC)OC1=C2CCC[C@@H]2NC(C)(CO)C1S(=O)CC. The molecule has 2 rings (SSSR count). The summed E-state index contributed by atoms with van der Waals surface area (Å²) in [6.07, 6.45) is 2.64. The largest absolute Gasteiger partial charge is 0.529 e. The van der Waals surface area contributed by atoms with Crippen LogP contribution in [0.1, 0.15) is 47.0 Å². The van der Waals surface area contributed by atoms with Gasteiger partial charge in [0.15, 0.2) is 0 Å². The van der Waals surface area contributed by atoms with Crippen molar-refractivity contribution in [3.8, 4) is 0 Å². The Hall–Kier alpha value is -0.240. The van der Waals surface area contributed by atoms with Gasteiger partial charge >= 0.3 is 7.82 Å². The third kappa shape index (κ3) is 4.37. The lowest BCUT2D eigenvalue weighted by molar-refractivity contribution is 0.115. The van der Waals surface area contributed by atoms with Gasteiger partial charge in [-0.25, -0.2) is 4.57 Å². The van der Waals surface area contributed by atoms with E-state index in [1.54, 1.807) is 13.8 Å². The highest BCUT2D eigenvalue weighted by Crippen LogP contribution is 2.54. The van der Waals surface area contributed by atoms with Gasteiger partial charge in [0.2, 0.25) is 0 Å². The van der Waals surface area contributed by atoms with E-state index in [4.69, 9.17) is 13.6 Å². The van der Waals surface area contributed by atoms with Gasteiger partial charge in [0.05, 0.1) is 25.4 Å². The molecule has 3 unspecified atom stereocenters. The first kappa shape index (κ1) is 21.1. The quantitative estimate of drug-likeness (QED) is 0.579. The summed E-state index contributed by atoms with van der Waals surface area (Å²) in [7, 11) is -5.10. The molecule has 9 heteroatoms. The molecule has 1 fully saturated rings. The highest BCUT2D eigenvalue weighted by atomic mass is 32.2. The van der Waals surface area contributed by atoms with Crippen molar-refractivity contribution in [2.45, 2.75) is 63.8 Å². The molecule has 0 aromatic heterocycles. The molecule has 0 spiro atoms. The number of phosphoric acid groups is 1. The van der Waals surface area contributed by atoms with Gasteiger partial charge in [-0.2, -0.15) is 0 Å². The summed E-state index contributed by atoms with van der Waals surface area (Å²) in [5.74, 6) is 0.823. The number of hydrogen-bond acceptors (Lipinski definition) is 7. The highest BCUT2D eigenvalue weighted by molar-refractivity contribution is 7.85. The second-order valence-electron chi connectivity index (χ2n) is 6.48. The molecule has 4 atom stereocenters. The maximum absolute atomic E-state index is 12.9. The van der Waals surface area contributed by atoms with Crippen molar-refractivity contribution >= 4 is 18.6 Å². The summed E-state index contributed by atoms with van der Waals surface area (Å²) in [6, 6.07) is 0.0222. The zero-order valence-electron chi connectivity index (χ0n) is 15.4. The predicted molar refractivity (Wildman–Crippen MR) is 97.7 cm³/mol. The van der Waals surface area contributed by atoms with Crippen molar-refractivity contribution in [1.82, 2.24) is 5.32 Å². The fraction of sp³-hybridized carbons (Fsp3) is 0.875. The summed E-state index contributed by atoms with van der Waals surface area (Å²) in [5.41, 5.74) is 0.148. The van der Waals surface area contributed by atoms with Crippen molar-refractivity contribution < 1.29 is 27.5 Å². The van der Waals surface area contributed by atoms with Crippen molar-refractivity contribution in [1.29, 1.82) is 0 Å². The van der Waals surface area contributed by atoms with Gasteiger partial charge in [-0.3, -0.25) is 13.3 Å². The van der Waals surface area contributed by atoms with E-state index in [-0.39, 0.29) is 25.9 Å². The third-order valence-electron chi connectivity index (χ3n) is 4.66. The van der Waals surface area contributed by atoms with Gasteiger partial charge in [0.1, 0.15) is 11.0 Å². The number of nitrogens with one attached hydrogen (secondary N) is 1. The van der Waals surface area contributed by atoms with E-state index in [1.165, 1.54) is 0 Å². The van der Waals surface area contributed by atoms with E-state index in [0.29, 0.717) is 11.5 Å². The van der Waals surface area contributed by atoms with E-state index in [2.05, 4.69) is 5.32 Å². The summed E-state index contributed by atoms with van der Waals surface area (Å²) in [4.78, 5) is 0. The van der Waals surface area contributed by atoms with Crippen molar-refractivity contribution in [2.75, 3.05) is 25.6 Å². The topological polar surface area (TPSA) is 94.1 Å². The number of hydrogen-bond donors (Lipinski definition) is 2. The minimum Gasteiger partial charge on any atom is -0.407 e. The Labute approximate surface area is 152 Å². The molecule has 0 bridgehead atoms. The zero-order valence-corrected chi connectivity index (χ0v) is 17.2. The van der Waals surface area contributed by atoms with E-state index in [9.17, 15) is 13.9 Å². The molecular formula is C16H30NO6PS. The van der Waals surface area contributed by atoms with Gasteiger partial charge in [-0.15, -0.1) is 0 Å². The van der Waals surface area contributed by atoms with Crippen LogP contribution in [0, 0.1) is 0 Å². The van der Waals surface area contributed by atoms with E-state index < -0.39 is 29.4 Å². The maximum atomic E-state index is 12.9. The van der Waals surface area contributed by atoms with Crippen LogP contribution in [0.5, 0.6) is 0 Å². The van der Waals surface area contributed by atoms with Crippen LogP contribution in [-0.2, 0) is 28.9 Å². The molecule has 1 aliphatic heterocycles. The van der Waals surface area contributed by atoms with E-state index in [0.717, 1.165) is 24.8 Å². The van der Waals surface area contributed by atoms with Gasteiger partial charge in [0, 0.05) is 22.6 Å². The summed E-state index contributed by atoms with van der Waals surface area (Å²) in [5, 5.41) is 12.8. The molecular weight excluding hydrogens is 365 g/mol. The first-order valence-electron chi connectivity index (χ1n) is 8.91. The van der Waals surface area contributed by atoms with Crippen LogP contribution >= 0.6 is 7.82 Å². The number of aliphatic hydroxyl groups is 1. The predicted octanol–water partition coefficient (Wildman–Crippen LogP) is 2.48. The molecule has 0 saturated heterocycles. The maximum Gasteiger partial charge on any atom is 0.529 e. The Morgan fingerprint density at radius 2 is 1.96 bits per heavy atom. The molecule has 1 heterocycles. The summed E-state index contributed by atoms with van der Waals surface area (Å²) in [6.45, 7) is 7.24. The van der Waals surface area contributed by atoms with Crippen LogP contribution < -0.4 is 5.32 Å². The second-order valence-corrected chi connectivity index (χ2v) is 9.88. The number of rotatable bonds is 9. The van der Waals surface area contributed by atoms with Crippen LogP contribution in [-0.4, -0.2) is 51.7 Å². The average Bonchev–Trinajstić information content (AvgIpc) is 3.02. The Balaban J connectivity index is 2.50. The summed E-state index contributed by atoms with van der Waals surface area (Å²) < 4.78 is 42.2. The molecule has 1 aliphatic carbocycles. The molecule has 2 aliphatic rings. The molecule has 25 heavy (non-hydrogen) atoms. The molecule has 0 amide bonds. The lowest BCUT2D eigenvalue weighted by Gasteiger charge is -2.44. The van der Waals surface area contributed by atoms with Crippen molar-refractivity contribution in [3.63, 3.8) is 0 Å². The zero-order chi connectivity index (χ0) is 18.7. The average molecular weight is 395 g/mol. The fourth-order valence-electron chi connectivity index (χ4n) is 3.57. The van der Waals surface area contributed by atoms with Crippen LogP contribution in [0.3, 0.4) is 0 Å². The Bertz CT molecular complexity index is 573. The summed E-state index contributed by atoms with van der Waals surface area (Å²) >= 11 is 0. The smallest absolute Gasteiger partial charge is 0.407 e. The standard InChI is InChI=1S/C16H30NO6PS/c1-5-21-24(19,22-6-2)23-14-12-9-8-10-13(12)17-16(4,11-18)15(14)25(20)7-3/h13,15,17-18H,5-11H2,1-4H3/t13-,15?,16?,25?/m0/s1. The first-order valence-corrected chi connectivity index (χ1v) is 11.8. The Kier molecular flexibility index (Phi) is 7.27. The normalized spacial score (nSPS) is 31.1. The Morgan fingerprint density at radius 3 is 2.48 bits per heavy atom. The van der Waals surface area contributed by atoms with Gasteiger partial charge in [-0.05, 0) is 45.6 Å². The molecule has 7 nitrogen and oxygen atoms in total. The Morgan fingerprint density at radius 1 is 1.32 bits per heavy atom. The molecule has 0 aromatic carbocycles. The first-order chi connectivity index (χ1) is 11.8. The lowest BCUT2D eigenvalue weighted by Crippen LogP contribution is -2.63. The minimum atomic E-state index is -3.79. The highest BCUT2D eigenvalue weighted by Gasteiger charge is 2.51. The monoisotopic (exact) mass is 395 g/mol. The lowest BCUT2D eigenvalue weighted by atomic mass is 9.88. The molecule has 1 saturated carbocycles. The number of aliphatic hydroxyl groups excluding tert-OH is 1. The van der Waals surface area contributed by atoms with Crippen LogP contribution in [0.25, 0.3) is 0 Å².